The van der Waals surface area contributed by atoms with Gasteiger partial charge in [-0.1, -0.05) is 38.1 Å². The average molecular weight is 239 g/mol. The van der Waals surface area contributed by atoms with Gasteiger partial charge in [0.25, 0.3) is 0 Å². The molecule has 1 aromatic rings. The summed E-state index contributed by atoms with van der Waals surface area (Å²) in [6.45, 7) is 4.93. The van der Waals surface area contributed by atoms with Crippen LogP contribution in [0.5, 0.6) is 0 Å². The van der Waals surface area contributed by atoms with Crippen LogP contribution in [0.1, 0.15) is 25.0 Å². The van der Waals surface area contributed by atoms with E-state index in [-0.39, 0.29) is 11.7 Å². The van der Waals surface area contributed by atoms with E-state index in [1.165, 1.54) is 0 Å². The van der Waals surface area contributed by atoms with Crippen molar-refractivity contribution in [3.05, 3.63) is 35.4 Å². The molecule has 0 atom stereocenters. The Kier molecular flexibility index (Phi) is 3.04. The molecular formula is C12H17NO2S. The fraction of sp³-hybridized carbons (Fsp3) is 0.500. The molecule has 1 aliphatic rings. The van der Waals surface area contributed by atoms with Crippen molar-refractivity contribution in [2.24, 2.45) is 5.92 Å². The Morgan fingerprint density at radius 3 is 2.12 bits per heavy atom. The highest BCUT2D eigenvalue weighted by Gasteiger charge is 2.29. The quantitative estimate of drug-likeness (QED) is 0.809. The Balaban J connectivity index is 2.17. The van der Waals surface area contributed by atoms with E-state index in [9.17, 15) is 8.42 Å². The van der Waals surface area contributed by atoms with E-state index in [0.29, 0.717) is 13.1 Å². The predicted molar refractivity (Wildman–Crippen MR) is 64.3 cm³/mol. The van der Waals surface area contributed by atoms with Crippen LogP contribution in [-0.2, 0) is 23.1 Å². The van der Waals surface area contributed by atoms with Crippen LogP contribution < -0.4 is 0 Å². The van der Waals surface area contributed by atoms with Crippen molar-refractivity contribution in [1.29, 1.82) is 0 Å². The maximum atomic E-state index is 12.0. The van der Waals surface area contributed by atoms with Crippen LogP contribution in [0.25, 0.3) is 0 Å². The van der Waals surface area contributed by atoms with Gasteiger partial charge < -0.3 is 0 Å². The van der Waals surface area contributed by atoms with E-state index >= 15 is 0 Å². The SMILES string of the molecule is CC(C)CS(=O)(=O)N1Cc2ccccc2C1. The molecule has 0 fully saturated rings. The van der Waals surface area contributed by atoms with Gasteiger partial charge in [-0.2, -0.15) is 4.31 Å². The van der Waals surface area contributed by atoms with Crippen molar-refractivity contribution in [2.45, 2.75) is 26.9 Å². The lowest BCUT2D eigenvalue weighted by atomic mass is 10.1. The molecule has 1 aromatic carbocycles. The zero-order valence-electron chi connectivity index (χ0n) is 9.68. The molecule has 4 heteroatoms. The normalized spacial score (nSPS) is 16.7. The van der Waals surface area contributed by atoms with Gasteiger partial charge in [0.15, 0.2) is 0 Å². The van der Waals surface area contributed by atoms with E-state index in [0.717, 1.165) is 11.1 Å². The van der Waals surface area contributed by atoms with Crippen LogP contribution in [0.15, 0.2) is 24.3 Å². The summed E-state index contributed by atoms with van der Waals surface area (Å²) in [7, 11) is -3.09. The smallest absolute Gasteiger partial charge is 0.212 e. The van der Waals surface area contributed by atoms with Gasteiger partial charge in [0.1, 0.15) is 0 Å². The molecule has 0 saturated heterocycles. The Bertz CT molecular complexity index is 455. The van der Waals surface area contributed by atoms with Gasteiger partial charge in [0.2, 0.25) is 10.0 Å². The van der Waals surface area contributed by atoms with Crippen LogP contribution in [-0.4, -0.2) is 18.5 Å². The first-order valence-corrected chi connectivity index (χ1v) is 7.14. The fourth-order valence-corrected chi connectivity index (χ4v) is 3.75. The highest BCUT2D eigenvalue weighted by atomic mass is 32.2. The maximum absolute atomic E-state index is 12.0. The number of fused-ring (bicyclic) bond motifs is 1. The zero-order chi connectivity index (χ0) is 11.8. The first kappa shape index (κ1) is 11.6. The summed E-state index contributed by atoms with van der Waals surface area (Å²) in [5.74, 6) is 0.412. The molecule has 0 saturated carbocycles. The van der Waals surface area contributed by atoms with Crippen molar-refractivity contribution in [1.82, 2.24) is 4.31 Å². The molecule has 2 rings (SSSR count). The molecule has 0 unspecified atom stereocenters. The van der Waals surface area contributed by atoms with Gasteiger partial charge in [-0.3, -0.25) is 0 Å². The Labute approximate surface area is 97.1 Å². The fourth-order valence-electron chi connectivity index (χ4n) is 2.03. The molecule has 0 bridgehead atoms. The Hall–Kier alpha value is -0.870. The van der Waals surface area contributed by atoms with Crippen molar-refractivity contribution in [2.75, 3.05) is 5.75 Å². The molecule has 0 aromatic heterocycles. The van der Waals surface area contributed by atoms with Crippen molar-refractivity contribution >= 4 is 10.0 Å². The third-order valence-electron chi connectivity index (χ3n) is 2.75. The number of hydrogen-bond donors (Lipinski definition) is 0. The molecule has 0 spiro atoms. The van der Waals surface area contributed by atoms with E-state index in [2.05, 4.69) is 0 Å². The number of benzene rings is 1. The average Bonchev–Trinajstić information content (AvgIpc) is 2.59. The minimum atomic E-state index is -3.09. The van der Waals surface area contributed by atoms with Gasteiger partial charge >= 0.3 is 0 Å². The Morgan fingerprint density at radius 2 is 1.69 bits per heavy atom. The van der Waals surface area contributed by atoms with Gasteiger partial charge in [0.05, 0.1) is 5.75 Å². The van der Waals surface area contributed by atoms with Gasteiger partial charge in [-0.25, -0.2) is 8.42 Å². The minimum absolute atomic E-state index is 0.175. The first-order valence-electron chi connectivity index (χ1n) is 5.53. The summed E-state index contributed by atoms with van der Waals surface area (Å²) in [4.78, 5) is 0. The largest absolute Gasteiger partial charge is 0.214 e. The maximum Gasteiger partial charge on any atom is 0.214 e. The van der Waals surface area contributed by atoms with Crippen LogP contribution in [0.3, 0.4) is 0 Å². The second kappa shape index (κ2) is 4.18. The molecule has 0 N–H and O–H groups in total. The van der Waals surface area contributed by atoms with Crippen LogP contribution in [0.4, 0.5) is 0 Å². The minimum Gasteiger partial charge on any atom is -0.212 e. The van der Waals surface area contributed by atoms with Gasteiger partial charge in [-0.05, 0) is 17.0 Å². The molecule has 3 nitrogen and oxygen atoms in total. The predicted octanol–water partition coefficient (Wildman–Crippen LogP) is 1.99. The van der Waals surface area contributed by atoms with E-state index in [1.807, 2.05) is 38.1 Å². The van der Waals surface area contributed by atoms with Crippen LogP contribution in [0, 0.1) is 5.92 Å². The molecule has 88 valence electrons. The van der Waals surface area contributed by atoms with Crippen LogP contribution >= 0.6 is 0 Å². The second-order valence-electron chi connectivity index (χ2n) is 4.71. The number of hydrogen-bond acceptors (Lipinski definition) is 2. The molecule has 0 amide bonds. The summed E-state index contributed by atoms with van der Waals surface area (Å²) >= 11 is 0. The summed E-state index contributed by atoms with van der Waals surface area (Å²) in [6.07, 6.45) is 0. The lowest BCUT2D eigenvalue weighted by Crippen LogP contribution is -2.29. The zero-order valence-corrected chi connectivity index (χ0v) is 10.5. The van der Waals surface area contributed by atoms with Gasteiger partial charge in [0, 0.05) is 13.1 Å². The van der Waals surface area contributed by atoms with Crippen molar-refractivity contribution < 1.29 is 8.42 Å². The van der Waals surface area contributed by atoms with E-state index in [1.54, 1.807) is 4.31 Å². The van der Waals surface area contributed by atoms with Crippen molar-refractivity contribution in [3.63, 3.8) is 0 Å². The Morgan fingerprint density at radius 1 is 1.19 bits per heavy atom. The topological polar surface area (TPSA) is 37.4 Å². The van der Waals surface area contributed by atoms with Gasteiger partial charge in [-0.15, -0.1) is 0 Å². The highest BCUT2D eigenvalue weighted by molar-refractivity contribution is 7.89. The monoisotopic (exact) mass is 239 g/mol. The summed E-state index contributed by atoms with van der Waals surface area (Å²) in [5, 5.41) is 0. The lowest BCUT2D eigenvalue weighted by molar-refractivity contribution is 0.426. The molecular weight excluding hydrogens is 222 g/mol. The molecule has 0 radical (unpaired) electrons. The second-order valence-corrected chi connectivity index (χ2v) is 6.72. The third kappa shape index (κ3) is 2.28. The lowest BCUT2D eigenvalue weighted by Gasteiger charge is -2.16. The summed E-state index contributed by atoms with van der Waals surface area (Å²) < 4.78 is 25.7. The van der Waals surface area contributed by atoms with Crippen molar-refractivity contribution in [3.8, 4) is 0 Å². The molecule has 16 heavy (non-hydrogen) atoms. The molecule has 1 aliphatic heterocycles. The molecule has 1 heterocycles. The number of nitrogens with zero attached hydrogens (tertiary/aromatic N) is 1. The molecule has 0 aliphatic carbocycles. The summed E-state index contributed by atoms with van der Waals surface area (Å²) in [6, 6.07) is 7.91. The first-order chi connectivity index (χ1) is 7.49. The van der Waals surface area contributed by atoms with E-state index < -0.39 is 10.0 Å². The van der Waals surface area contributed by atoms with E-state index in [4.69, 9.17) is 0 Å². The third-order valence-corrected chi connectivity index (χ3v) is 4.88. The van der Waals surface area contributed by atoms with Crippen LogP contribution in [0.2, 0.25) is 0 Å². The standard InChI is InChI=1S/C12H17NO2S/c1-10(2)9-16(14,15)13-7-11-5-3-4-6-12(11)8-13/h3-6,10H,7-9H2,1-2H3. The number of rotatable bonds is 3. The number of sulfonamides is 1. The summed E-state index contributed by atoms with van der Waals surface area (Å²) in [5.41, 5.74) is 2.27. The highest BCUT2D eigenvalue weighted by Crippen LogP contribution is 2.25.